The van der Waals surface area contributed by atoms with E-state index in [0.29, 0.717) is 11.1 Å². The molecule has 1 aliphatic heterocycles. The smallest absolute Gasteiger partial charge is 0.330 e. The Bertz CT molecular complexity index is 987. The van der Waals surface area contributed by atoms with Gasteiger partial charge in [-0.3, -0.25) is 24.5 Å². The van der Waals surface area contributed by atoms with E-state index in [1.165, 1.54) is 10.8 Å². The zero-order valence-corrected chi connectivity index (χ0v) is 15.9. The molecule has 0 radical (unpaired) electrons. The second-order valence-electron chi connectivity index (χ2n) is 6.44. The molecule has 1 fully saturated rings. The van der Waals surface area contributed by atoms with Crippen LogP contribution in [-0.2, 0) is 4.74 Å². The maximum absolute atomic E-state index is 12.1. The number of aliphatic hydroxyl groups is 1. The Morgan fingerprint density at radius 1 is 1.36 bits per heavy atom. The van der Waals surface area contributed by atoms with Crippen LogP contribution in [0.2, 0.25) is 0 Å². The monoisotopic (exact) mass is 404 g/mol. The van der Waals surface area contributed by atoms with Crippen LogP contribution in [0.3, 0.4) is 0 Å². The molecule has 28 heavy (non-hydrogen) atoms. The fraction of sp³-hybridized carbons (Fsp3) is 0.333. The first-order valence-corrected chi connectivity index (χ1v) is 9.06. The number of benzene rings is 1. The second kappa shape index (κ2) is 8.46. The average Bonchev–Trinajstić information content (AvgIpc) is 3.04. The quantitative estimate of drug-likeness (QED) is 0.520. The highest BCUT2D eigenvalue weighted by molar-refractivity contribution is 7.80. The molecule has 2 aromatic rings. The lowest BCUT2D eigenvalue weighted by molar-refractivity contribution is -0.0173. The number of hydrogen-bond donors (Lipinski definition) is 4. The zero-order valence-electron chi connectivity index (χ0n) is 15.0. The topological polar surface area (TPSA) is 125 Å². The highest BCUT2D eigenvalue weighted by atomic mass is 32.1. The standard InChI is InChI=1S/C18H20N4O5S/c1-10-9-22(18(26)21-15(10)24)14-7-12(23)13(27-14)8-19-17(28)20-16(25)11-5-3-2-4-6-11/h2-6,9,12-14,23H,7-8H2,1H3,(H,21,24,26)(H2,19,20,25,28)/t12-,13+,14-/m0/s1. The van der Waals surface area contributed by atoms with E-state index in [1.54, 1.807) is 37.3 Å². The number of aromatic amines is 1. The van der Waals surface area contributed by atoms with E-state index in [-0.39, 0.29) is 24.0 Å². The summed E-state index contributed by atoms with van der Waals surface area (Å²) in [5.74, 6) is -0.348. The summed E-state index contributed by atoms with van der Waals surface area (Å²) in [5, 5.41) is 15.7. The molecule has 1 aromatic carbocycles. The number of ether oxygens (including phenoxy) is 1. The molecule has 3 rings (SSSR count). The van der Waals surface area contributed by atoms with Crippen molar-refractivity contribution in [3.05, 3.63) is 68.5 Å². The third-order valence-corrected chi connectivity index (χ3v) is 4.63. The van der Waals surface area contributed by atoms with E-state index >= 15 is 0 Å². The van der Waals surface area contributed by atoms with Gasteiger partial charge < -0.3 is 15.2 Å². The number of nitrogens with zero attached hydrogens (tertiary/aromatic N) is 1. The molecule has 9 nitrogen and oxygen atoms in total. The van der Waals surface area contributed by atoms with Crippen LogP contribution in [0.5, 0.6) is 0 Å². The fourth-order valence-electron chi connectivity index (χ4n) is 2.87. The van der Waals surface area contributed by atoms with Gasteiger partial charge >= 0.3 is 5.69 Å². The SMILES string of the molecule is Cc1cn([C@@H]2C[C@H](O)[C@@H](CNC(=S)NC(=O)c3ccccc3)O2)c(=O)[nH]c1=O. The van der Waals surface area contributed by atoms with Crippen LogP contribution in [0.15, 0.2) is 46.1 Å². The molecule has 1 aliphatic rings. The second-order valence-corrected chi connectivity index (χ2v) is 6.85. The predicted molar refractivity (Wildman–Crippen MR) is 105 cm³/mol. The van der Waals surface area contributed by atoms with E-state index in [0.717, 1.165) is 0 Å². The lowest BCUT2D eigenvalue weighted by Crippen LogP contribution is -2.44. The fourth-order valence-corrected chi connectivity index (χ4v) is 3.05. The normalized spacial score (nSPS) is 21.3. The summed E-state index contributed by atoms with van der Waals surface area (Å²) in [5.41, 5.74) is -0.231. The number of nitrogens with one attached hydrogen (secondary N) is 3. The van der Waals surface area contributed by atoms with Crippen LogP contribution < -0.4 is 21.9 Å². The van der Waals surface area contributed by atoms with Gasteiger partial charge in [-0.1, -0.05) is 18.2 Å². The van der Waals surface area contributed by atoms with Crippen LogP contribution >= 0.6 is 12.2 Å². The Balaban J connectivity index is 1.56. The van der Waals surface area contributed by atoms with Gasteiger partial charge in [-0.05, 0) is 31.3 Å². The highest BCUT2D eigenvalue weighted by Gasteiger charge is 2.35. The average molecular weight is 404 g/mol. The largest absolute Gasteiger partial charge is 0.390 e. The molecule has 10 heteroatoms. The van der Waals surface area contributed by atoms with Crippen molar-refractivity contribution < 1.29 is 14.6 Å². The van der Waals surface area contributed by atoms with E-state index < -0.39 is 29.7 Å². The number of hydrogen-bond acceptors (Lipinski definition) is 6. The molecule has 0 bridgehead atoms. The van der Waals surface area contributed by atoms with Gasteiger partial charge in [-0.2, -0.15) is 0 Å². The maximum Gasteiger partial charge on any atom is 0.330 e. The van der Waals surface area contributed by atoms with Crippen molar-refractivity contribution in [2.24, 2.45) is 0 Å². The van der Waals surface area contributed by atoms with Crippen LogP contribution in [0, 0.1) is 6.92 Å². The molecule has 4 N–H and O–H groups in total. The molecule has 0 spiro atoms. The van der Waals surface area contributed by atoms with Gasteiger partial charge in [-0.25, -0.2) is 4.79 Å². The summed E-state index contributed by atoms with van der Waals surface area (Å²) in [6.07, 6.45) is -0.614. The van der Waals surface area contributed by atoms with Crippen molar-refractivity contribution in [2.75, 3.05) is 6.54 Å². The Labute approximate surface area is 165 Å². The number of carbonyl (C=O) groups excluding carboxylic acids is 1. The molecule has 2 heterocycles. The molecular weight excluding hydrogens is 384 g/mol. The number of rotatable bonds is 4. The Morgan fingerprint density at radius 3 is 2.79 bits per heavy atom. The van der Waals surface area contributed by atoms with Gasteiger partial charge in [0, 0.05) is 30.3 Å². The van der Waals surface area contributed by atoms with Crippen molar-refractivity contribution in [2.45, 2.75) is 31.8 Å². The summed E-state index contributed by atoms with van der Waals surface area (Å²) in [6, 6.07) is 8.62. The molecule has 0 unspecified atom stereocenters. The maximum atomic E-state index is 12.1. The first-order valence-electron chi connectivity index (χ1n) is 8.65. The number of amides is 1. The minimum atomic E-state index is -0.843. The summed E-state index contributed by atoms with van der Waals surface area (Å²) in [4.78, 5) is 37.7. The number of aryl methyl sites for hydroxylation is 1. The van der Waals surface area contributed by atoms with Crippen molar-refractivity contribution >= 4 is 23.2 Å². The first kappa shape index (κ1) is 19.9. The van der Waals surface area contributed by atoms with Crippen molar-refractivity contribution in [1.82, 2.24) is 20.2 Å². The number of thiocarbonyl (C=S) groups is 1. The third-order valence-electron chi connectivity index (χ3n) is 4.39. The van der Waals surface area contributed by atoms with Gasteiger partial charge in [0.15, 0.2) is 5.11 Å². The van der Waals surface area contributed by atoms with E-state index in [9.17, 15) is 19.5 Å². The molecule has 1 amide bonds. The van der Waals surface area contributed by atoms with Crippen LogP contribution in [0.1, 0.15) is 28.6 Å². The molecule has 148 valence electrons. The zero-order chi connectivity index (χ0) is 20.3. The van der Waals surface area contributed by atoms with Gasteiger partial charge in [0.2, 0.25) is 0 Å². The first-order chi connectivity index (χ1) is 13.3. The molecule has 1 saturated heterocycles. The lowest BCUT2D eigenvalue weighted by atomic mass is 10.2. The molecule has 1 aromatic heterocycles. The molecule has 0 saturated carbocycles. The third kappa shape index (κ3) is 4.53. The van der Waals surface area contributed by atoms with Gasteiger partial charge in [0.1, 0.15) is 12.3 Å². The van der Waals surface area contributed by atoms with E-state index in [1.807, 2.05) is 0 Å². The van der Waals surface area contributed by atoms with E-state index in [4.69, 9.17) is 17.0 Å². The van der Waals surface area contributed by atoms with Crippen molar-refractivity contribution in [3.63, 3.8) is 0 Å². The molecule has 0 aliphatic carbocycles. The number of carbonyl (C=O) groups is 1. The minimum absolute atomic E-state index is 0.102. The van der Waals surface area contributed by atoms with Crippen LogP contribution in [0.4, 0.5) is 0 Å². The summed E-state index contributed by atoms with van der Waals surface area (Å²) < 4.78 is 6.98. The number of aliphatic hydroxyl groups excluding tert-OH is 1. The molecular formula is C18H20N4O5S. The number of aromatic nitrogens is 2. The summed E-state index contributed by atoms with van der Waals surface area (Å²) in [7, 11) is 0. The van der Waals surface area contributed by atoms with Crippen molar-refractivity contribution in [3.8, 4) is 0 Å². The Kier molecular flexibility index (Phi) is 6.02. The van der Waals surface area contributed by atoms with Gasteiger partial charge in [0.25, 0.3) is 11.5 Å². The lowest BCUT2D eigenvalue weighted by Gasteiger charge is -2.18. The summed E-state index contributed by atoms with van der Waals surface area (Å²) in [6.45, 7) is 1.72. The Hall–Kier alpha value is -2.82. The Morgan fingerprint density at radius 2 is 2.07 bits per heavy atom. The van der Waals surface area contributed by atoms with Crippen LogP contribution in [-0.4, -0.2) is 44.4 Å². The summed E-state index contributed by atoms with van der Waals surface area (Å²) >= 11 is 5.10. The van der Waals surface area contributed by atoms with Gasteiger partial charge in [0.05, 0.1) is 6.10 Å². The van der Waals surface area contributed by atoms with Gasteiger partial charge in [-0.15, -0.1) is 0 Å². The molecule has 3 atom stereocenters. The van der Waals surface area contributed by atoms with E-state index in [2.05, 4.69) is 15.6 Å². The highest BCUT2D eigenvalue weighted by Crippen LogP contribution is 2.27. The predicted octanol–water partition coefficient (Wildman–Crippen LogP) is -0.202. The van der Waals surface area contributed by atoms with Crippen LogP contribution in [0.25, 0.3) is 0 Å². The minimum Gasteiger partial charge on any atom is -0.390 e. The number of H-pyrrole nitrogens is 1. The van der Waals surface area contributed by atoms with Crippen molar-refractivity contribution in [1.29, 1.82) is 0 Å².